The van der Waals surface area contributed by atoms with Gasteiger partial charge in [-0.3, -0.25) is 19.4 Å². The van der Waals surface area contributed by atoms with Crippen LogP contribution in [0.5, 0.6) is 0 Å². The van der Waals surface area contributed by atoms with Crippen molar-refractivity contribution in [1.29, 1.82) is 0 Å². The summed E-state index contributed by atoms with van der Waals surface area (Å²) in [7, 11) is 0. The van der Waals surface area contributed by atoms with E-state index in [1.165, 1.54) is 17.4 Å². The van der Waals surface area contributed by atoms with Gasteiger partial charge < -0.3 is 42.8 Å². The minimum absolute atomic E-state index is 0.00816. The number of aromatic amines is 1. The number of hydrogen-bond donors (Lipinski definition) is 7. The predicted octanol–water partition coefficient (Wildman–Crippen LogP) is -1.58. The molecule has 37 heavy (non-hydrogen) atoms. The van der Waals surface area contributed by atoms with Crippen molar-refractivity contribution in [3.63, 3.8) is 0 Å². The molecule has 0 aromatic carbocycles. The first-order valence-electron chi connectivity index (χ1n) is 12.5. The third kappa shape index (κ3) is 8.74. The van der Waals surface area contributed by atoms with Gasteiger partial charge in [-0.05, 0) is 31.6 Å². The number of amides is 3. The van der Waals surface area contributed by atoms with E-state index >= 15 is 0 Å². The number of guanidine groups is 1. The fourth-order valence-electron chi connectivity index (χ4n) is 4.19. The summed E-state index contributed by atoms with van der Waals surface area (Å²) in [5.41, 5.74) is 17.2. The molecule has 1 aliphatic rings. The predicted molar refractivity (Wildman–Crippen MR) is 136 cm³/mol. The molecule has 5 unspecified atom stereocenters. The molecule has 14 nitrogen and oxygen atoms in total. The maximum atomic E-state index is 13.2. The van der Waals surface area contributed by atoms with Crippen molar-refractivity contribution in [2.75, 3.05) is 13.1 Å². The van der Waals surface area contributed by atoms with Crippen molar-refractivity contribution in [2.45, 2.75) is 76.5 Å². The van der Waals surface area contributed by atoms with Gasteiger partial charge >= 0.3 is 5.97 Å². The Kier molecular flexibility index (Phi) is 11.3. The summed E-state index contributed by atoms with van der Waals surface area (Å²) in [4.78, 5) is 63.0. The van der Waals surface area contributed by atoms with Crippen molar-refractivity contribution < 1.29 is 24.3 Å². The number of H-pyrrole nitrogens is 1. The highest BCUT2D eigenvalue weighted by Crippen LogP contribution is 2.20. The fourth-order valence-corrected chi connectivity index (χ4v) is 4.19. The van der Waals surface area contributed by atoms with Gasteiger partial charge in [-0.15, -0.1) is 0 Å². The van der Waals surface area contributed by atoms with E-state index < -0.39 is 42.0 Å². The number of aliphatic carboxylic acids is 1. The molecule has 1 aromatic heterocycles. The molecule has 3 amide bonds. The Morgan fingerprint density at radius 3 is 2.62 bits per heavy atom. The van der Waals surface area contributed by atoms with Crippen LogP contribution in [0.2, 0.25) is 0 Å². The molecule has 10 N–H and O–H groups in total. The van der Waals surface area contributed by atoms with E-state index in [4.69, 9.17) is 17.2 Å². The highest BCUT2D eigenvalue weighted by Gasteiger charge is 2.38. The van der Waals surface area contributed by atoms with E-state index in [1.807, 2.05) is 6.92 Å². The zero-order chi connectivity index (χ0) is 27.5. The summed E-state index contributed by atoms with van der Waals surface area (Å²) >= 11 is 0. The molecule has 1 saturated heterocycles. The van der Waals surface area contributed by atoms with Gasteiger partial charge in [0.2, 0.25) is 17.7 Å². The quantitative estimate of drug-likeness (QED) is 0.0848. The molecule has 5 atom stereocenters. The van der Waals surface area contributed by atoms with Crippen LogP contribution in [-0.4, -0.2) is 86.9 Å². The first kappa shape index (κ1) is 29.5. The third-order valence-corrected chi connectivity index (χ3v) is 6.51. The summed E-state index contributed by atoms with van der Waals surface area (Å²) in [6.45, 7) is 4.38. The minimum atomic E-state index is -1.21. The van der Waals surface area contributed by atoms with Crippen LogP contribution in [0, 0.1) is 5.92 Å². The van der Waals surface area contributed by atoms with Gasteiger partial charge in [0.05, 0.1) is 12.4 Å². The summed E-state index contributed by atoms with van der Waals surface area (Å²) in [6, 6.07) is -3.77. The number of aliphatic imine (C=N–C) groups is 1. The van der Waals surface area contributed by atoms with Crippen LogP contribution in [0.4, 0.5) is 0 Å². The smallest absolute Gasteiger partial charge is 0.326 e. The van der Waals surface area contributed by atoms with Crippen LogP contribution in [0.15, 0.2) is 17.5 Å². The Bertz CT molecular complexity index is 948. The number of hydrogen-bond acceptors (Lipinski definition) is 7. The lowest BCUT2D eigenvalue weighted by Crippen LogP contribution is -2.58. The summed E-state index contributed by atoms with van der Waals surface area (Å²) in [5.74, 6) is -2.96. The fraction of sp³-hybridized carbons (Fsp3) is 0.652. The molecule has 14 heteroatoms. The van der Waals surface area contributed by atoms with Crippen molar-refractivity contribution in [3.8, 4) is 0 Å². The Balaban J connectivity index is 2.05. The highest BCUT2D eigenvalue weighted by molar-refractivity contribution is 5.94. The van der Waals surface area contributed by atoms with Crippen molar-refractivity contribution in [2.24, 2.45) is 28.1 Å². The molecule has 0 aliphatic carbocycles. The average molecular weight is 522 g/mol. The van der Waals surface area contributed by atoms with Gasteiger partial charge in [-0.2, -0.15) is 0 Å². The Hall–Kier alpha value is -3.68. The molecule has 0 saturated carbocycles. The van der Waals surface area contributed by atoms with Crippen LogP contribution in [0.3, 0.4) is 0 Å². The molecule has 0 bridgehead atoms. The lowest BCUT2D eigenvalue weighted by atomic mass is 9.97. The van der Waals surface area contributed by atoms with Crippen molar-refractivity contribution >= 4 is 29.7 Å². The number of rotatable bonds is 14. The molecule has 2 rings (SSSR count). The second-order valence-corrected chi connectivity index (χ2v) is 9.30. The second kappa shape index (κ2) is 14.2. The minimum Gasteiger partial charge on any atom is -0.480 e. The molecule has 1 aromatic rings. The summed E-state index contributed by atoms with van der Waals surface area (Å²) in [6.07, 6.45) is 5.38. The van der Waals surface area contributed by atoms with Crippen LogP contribution < -0.4 is 27.8 Å². The number of carboxylic acid groups (broad SMARTS) is 1. The van der Waals surface area contributed by atoms with Crippen molar-refractivity contribution in [3.05, 3.63) is 18.2 Å². The van der Waals surface area contributed by atoms with Crippen LogP contribution in [0.1, 0.15) is 51.6 Å². The van der Waals surface area contributed by atoms with Gasteiger partial charge in [0, 0.05) is 31.4 Å². The first-order valence-corrected chi connectivity index (χ1v) is 12.5. The third-order valence-electron chi connectivity index (χ3n) is 6.51. The Morgan fingerprint density at radius 1 is 1.30 bits per heavy atom. The lowest BCUT2D eigenvalue weighted by molar-refractivity contribution is -0.143. The van der Waals surface area contributed by atoms with Gasteiger partial charge in [-0.25, -0.2) is 9.78 Å². The van der Waals surface area contributed by atoms with Gasteiger partial charge in [0.1, 0.15) is 18.1 Å². The molecule has 2 heterocycles. The summed E-state index contributed by atoms with van der Waals surface area (Å²) < 4.78 is 0. The number of nitrogens with two attached hydrogens (primary N) is 3. The summed E-state index contributed by atoms with van der Waals surface area (Å²) in [5, 5.41) is 14.9. The molecule has 0 radical (unpaired) electrons. The van der Waals surface area contributed by atoms with E-state index in [-0.39, 0.29) is 24.2 Å². The topological polar surface area (TPSA) is 235 Å². The van der Waals surface area contributed by atoms with Crippen LogP contribution >= 0.6 is 0 Å². The highest BCUT2D eigenvalue weighted by atomic mass is 16.4. The monoisotopic (exact) mass is 521 g/mol. The van der Waals surface area contributed by atoms with E-state index in [1.54, 1.807) is 6.92 Å². The number of carboxylic acids is 1. The number of imidazole rings is 1. The standard InChI is InChI=1S/C23H39N9O5/c1-3-13(2)18(20(34)30-16(22(36)37)10-14-11-27-12-29-14)31-19(33)17-7-5-9-32(17)21(35)15(24)6-4-8-28-23(25)26/h11-13,15-18H,3-10,24H2,1-2H3,(H,27,29)(H,30,34)(H,31,33)(H,36,37)(H4,25,26,28). The Labute approximate surface area is 215 Å². The first-order chi connectivity index (χ1) is 17.5. The number of likely N-dealkylation sites (tertiary alicyclic amines) is 1. The van der Waals surface area contributed by atoms with Gasteiger partial charge in [0.25, 0.3) is 0 Å². The molecular formula is C23H39N9O5. The average Bonchev–Trinajstić information content (AvgIpc) is 3.55. The number of aromatic nitrogens is 2. The van der Waals surface area contributed by atoms with E-state index in [0.717, 1.165) is 0 Å². The zero-order valence-corrected chi connectivity index (χ0v) is 21.4. The van der Waals surface area contributed by atoms with E-state index in [2.05, 4.69) is 25.6 Å². The van der Waals surface area contributed by atoms with Crippen LogP contribution in [-0.2, 0) is 25.6 Å². The molecule has 1 aliphatic heterocycles. The van der Waals surface area contributed by atoms with E-state index in [0.29, 0.717) is 50.9 Å². The van der Waals surface area contributed by atoms with Crippen LogP contribution in [0.25, 0.3) is 0 Å². The SMILES string of the molecule is CCC(C)C(NC(=O)C1CCCN1C(=O)C(N)CCCN=C(N)N)C(=O)NC(Cc1cnc[nH]1)C(=O)O. The van der Waals surface area contributed by atoms with Gasteiger partial charge in [0.15, 0.2) is 5.96 Å². The Morgan fingerprint density at radius 2 is 2.03 bits per heavy atom. The maximum Gasteiger partial charge on any atom is 0.326 e. The number of carbonyl (C=O) groups excluding carboxylic acids is 3. The number of carbonyl (C=O) groups is 4. The zero-order valence-electron chi connectivity index (χ0n) is 21.4. The lowest BCUT2D eigenvalue weighted by Gasteiger charge is -2.30. The molecule has 1 fully saturated rings. The normalized spacial score (nSPS) is 18.4. The largest absolute Gasteiger partial charge is 0.480 e. The number of nitrogens with zero attached hydrogens (tertiary/aromatic N) is 3. The maximum absolute atomic E-state index is 13.2. The van der Waals surface area contributed by atoms with Gasteiger partial charge in [-0.1, -0.05) is 20.3 Å². The molecule has 0 spiro atoms. The molecular weight excluding hydrogens is 482 g/mol. The van der Waals surface area contributed by atoms with Crippen molar-refractivity contribution in [1.82, 2.24) is 25.5 Å². The second-order valence-electron chi connectivity index (χ2n) is 9.30. The van der Waals surface area contributed by atoms with E-state index in [9.17, 15) is 24.3 Å². The number of nitrogens with one attached hydrogen (secondary N) is 3. The molecule has 206 valence electrons.